The Kier molecular flexibility index (Phi) is 9.60. The monoisotopic (exact) mass is 946 g/mol. The van der Waals surface area contributed by atoms with Gasteiger partial charge in [0.2, 0.25) is 0 Å². The van der Waals surface area contributed by atoms with Crippen LogP contribution in [0.5, 0.6) is 0 Å². The quantitative estimate of drug-likeness (QED) is 0.151. The van der Waals surface area contributed by atoms with Gasteiger partial charge in [0.25, 0.3) is 0 Å². The molecule has 0 radical (unpaired) electrons. The lowest BCUT2D eigenvalue weighted by Gasteiger charge is -2.42. The van der Waals surface area contributed by atoms with Crippen molar-refractivity contribution < 1.29 is 8.83 Å². The van der Waals surface area contributed by atoms with Gasteiger partial charge in [0.15, 0.2) is 11.6 Å². The van der Waals surface area contributed by atoms with Crippen molar-refractivity contribution in [3.8, 4) is 90.1 Å². The summed E-state index contributed by atoms with van der Waals surface area (Å²) in [4.78, 5) is 21.5. The lowest BCUT2D eigenvalue weighted by Crippen LogP contribution is -2.27. The third kappa shape index (κ3) is 6.80. The Bertz CT molecular complexity index is 4070. The van der Waals surface area contributed by atoms with Crippen LogP contribution in [0.1, 0.15) is 45.2 Å². The standard InChI is InChI=1S/C68H42N4O2/c1-3-17-41(18-4-1)59-37-61(47-23-9-7-21-45(47)57-39-73-63-29-15-13-25-49(57)63)71-67(69-59)43-31-33-53-55(35-43)65-51-27-11-12-28-52(51)66(53)56-36-44(32-34-54(56)65)68-70-60(42-19-5-2-6-20-42)38-62(72-68)48-24-10-8-22-46(48)58-40-74-64-30-16-14-26-50(58)64/h1-40,65-66H/t65-,66?/m1/s1. The number of benzene rings is 9. The molecule has 6 nitrogen and oxygen atoms in total. The zero-order valence-electron chi connectivity index (χ0n) is 39.9. The maximum atomic E-state index is 6.06. The van der Waals surface area contributed by atoms with E-state index in [1.165, 1.54) is 33.4 Å². The summed E-state index contributed by atoms with van der Waals surface area (Å²) in [7, 11) is 0. The van der Waals surface area contributed by atoms with Gasteiger partial charge in [0, 0.05) is 67.1 Å². The van der Waals surface area contributed by atoms with Gasteiger partial charge < -0.3 is 8.83 Å². The van der Waals surface area contributed by atoms with E-state index in [4.69, 9.17) is 28.8 Å². The van der Waals surface area contributed by atoms with Gasteiger partial charge >= 0.3 is 0 Å². The number of hydrogen-bond acceptors (Lipinski definition) is 6. The lowest BCUT2D eigenvalue weighted by atomic mass is 9.61. The van der Waals surface area contributed by atoms with Crippen LogP contribution in [-0.4, -0.2) is 19.9 Å². The van der Waals surface area contributed by atoms with Crippen LogP contribution in [0.15, 0.2) is 252 Å². The number of para-hydroxylation sites is 2. The molecular weight excluding hydrogens is 905 g/mol. The highest BCUT2D eigenvalue weighted by Gasteiger charge is 2.41. The number of nitrogens with zero attached hydrogens (tertiary/aromatic N) is 4. The van der Waals surface area contributed by atoms with Crippen molar-refractivity contribution in [3.63, 3.8) is 0 Å². The third-order valence-electron chi connectivity index (χ3n) is 15.1. The molecule has 4 aromatic heterocycles. The van der Waals surface area contributed by atoms with Crippen LogP contribution in [0.4, 0.5) is 0 Å². The smallest absolute Gasteiger partial charge is 0.160 e. The Balaban J connectivity index is 0.860. The molecule has 3 aliphatic rings. The highest BCUT2D eigenvalue weighted by molar-refractivity contribution is 6.00. The predicted octanol–water partition coefficient (Wildman–Crippen LogP) is 17.1. The van der Waals surface area contributed by atoms with Gasteiger partial charge in [-0.2, -0.15) is 0 Å². The van der Waals surface area contributed by atoms with Gasteiger partial charge in [-0.3, -0.25) is 0 Å². The maximum absolute atomic E-state index is 6.06. The Morgan fingerprint density at radius 2 is 0.622 bits per heavy atom. The fraction of sp³-hybridized carbons (Fsp3) is 0.0294. The summed E-state index contributed by atoms with van der Waals surface area (Å²) in [5, 5.41) is 2.13. The molecule has 0 aliphatic heterocycles. The summed E-state index contributed by atoms with van der Waals surface area (Å²) in [6.07, 6.45) is 3.72. The SMILES string of the molecule is c1ccc(-c2cc(-c3ccccc3-c3coc4ccccc34)nc(-c3ccc4c(c3)C3c5ccccc5[C@H]4c4cc(-c5nc(-c6ccccc6)cc(-c6ccccc6-c6coc7ccccc67)n5)ccc43)n2)cc1. The summed E-state index contributed by atoms with van der Waals surface area (Å²) >= 11 is 0. The van der Waals surface area contributed by atoms with E-state index in [2.05, 4.69) is 194 Å². The first-order valence-electron chi connectivity index (χ1n) is 25.1. The zero-order chi connectivity index (χ0) is 48.7. The van der Waals surface area contributed by atoms with Crippen molar-refractivity contribution in [2.24, 2.45) is 0 Å². The van der Waals surface area contributed by atoms with E-state index >= 15 is 0 Å². The minimum absolute atomic E-state index is 0.00543. The van der Waals surface area contributed by atoms with Gasteiger partial charge in [-0.1, -0.05) is 194 Å². The summed E-state index contributed by atoms with van der Waals surface area (Å²) in [6.45, 7) is 0. The molecule has 0 saturated heterocycles. The summed E-state index contributed by atoms with van der Waals surface area (Å²) in [5.41, 5.74) is 23.1. The molecule has 0 fully saturated rings. The van der Waals surface area contributed by atoms with Crippen LogP contribution in [-0.2, 0) is 0 Å². The van der Waals surface area contributed by atoms with Crippen molar-refractivity contribution in [2.45, 2.75) is 11.8 Å². The molecule has 3 aliphatic carbocycles. The molecule has 16 rings (SSSR count). The van der Waals surface area contributed by atoms with Crippen LogP contribution in [0.25, 0.3) is 112 Å². The molecule has 74 heavy (non-hydrogen) atoms. The van der Waals surface area contributed by atoms with Gasteiger partial charge in [0.05, 0.1) is 35.3 Å². The molecule has 0 saturated carbocycles. The minimum atomic E-state index is 0.00543. The van der Waals surface area contributed by atoms with Crippen LogP contribution in [0, 0.1) is 0 Å². The Hall–Kier alpha value is -9.78. The minimum Gasteiger partial charge on any atom is -0.464 e. The topological polar surface area (TPSA) is 77.8 Å². The maximum Gasteiger partial charge on any atom is 0.160 e. The number of fused-ring (bicyclic) bond motifs is 2. The molecule has 6 heteroatoms. The normalized spacial score (nSPS) is 14.2. The molecule has 346 valence electrons. The fourth-order valence-corrected chi connectivity index (χ4v) is 11.7. The Morgan fingerprint density at radius 1 is 0.257 bits per heavy atom. The van der Waals surface area contributed by atoms with Gasteiger partial charge in [-0.05, 0) is 80.9 Å². The average molecular weight is 947 g/mol. The average Bonchev–Trinajstić information content (AvgIpc) is 4.16. The lowest BCUT2D eigenvalue weighted by molar-refractivity contribution is 0.616. The molecule has 0 amide bonds. The first kappa shape index (κ1) is 42.0. The van der Waals surface area contributed by atoms with E-state index in [1.807, 2.05) is 48.9 Å². The van der Waals surface area contributed by atoms with Crippen LogP contribution in [0.2, 0.25) is 0 Å². The van der Waals surface area contributed by atoms with Crippen molar-refractivity contribution >= 4 is 21.9 Å². The van der Waals surface area contributed by atoms with Crippen molar-refractivity contribution in [3.05, 3.63) is 276 Å². The second kappa shape index (κ2) is 16.9. The number of aromatic nitrogens is 4. The first-order valence-corrected chi connectivity index (χ1v) is 25.1. The highest BCUT2D eigenvalue weighted by Crippen LogP contribution is 2.57. The third-order valence-corrected chi connectivity index (χ3v) is 15.1. The van der Waals surface area contributed by atoms with E-state index in [-0.39, 0.29) is 11.8 Å². The molecule has 0 spiro atoms. The van der Waals surface area contributed by atoms with Crippen LogP contribution < -0.4 is 0 Å². The van der Waals surface area contributed by atoms with Crippen LogP contribution >= 0.6 is 0 Å². The van der Waals surface area contributed by atoms with E-state index in [9.17, 15) is 0 Å². The van der Waals surface area contributed by atoms with Gasteiger partial charge in [0.1, 0.15) is 11.2 Å². The molecule has 9 aromatic carbocycles. The number of furan rings is 2. The molecular formula is C68H42N4O2. The molecule has 0 N–H and O–H groups in total. The molecule has 4 heterocycles. The van der Waals surface area contributed by atoms with Crippen molar-refractivity contribution in [2.75, 3.05) is 0 Å². The summed E-state index contributed by atoms with van der Waals surface area (Å²) in [5.74, 6) is 1.36. The van der Waals surface area contributed by atoms with Gasteiger partial charge in [-0.25, -0.2) is 19.9 Å². The van der Waals surface area contributed by atoms with E-state index in [1.54, 1.807) is 0 Å². The molecule has 1 unspecified atom stereocenters. The number of rotatable bonds is 8. The van der Waals surface area contributed by atoms with Crippen molar-refractivity contribution in [1.82, 2.24) is 19.9 Å². The Labute approximate surface area is 427 Å². The summed E-state index contributed by atoms with van der Waals surface area (Å²) < 4.78 is 12.1. The summed E-state index contributed by atoms with van der Waals surface area (Å²) in [6, 6.07) is 81.0. The van der Waals surface area contributed by atoms with E-state index < -0.39 is 0 Å². The number of hydrogen-bond donors (Lipinski definition) is 0. The largest absolute Gasteiger partial charge is 0.464 e. The van der Waals surface area contributed by atoms with Crippen LogP contribution in [0.3, 0.4) is 0 Å². The fourth-order valence-electron chi connectivity index (χ4n) is 11.7. The first-order chi connectivity index (χ1) is 36.7. The Morgan fingerprint density at radius 3 is 1.08 bits per heavy atom. The van der Waals surface area contributed by atoms with E-state index in [0.29, 0.717) is 11.6 Å². The highest BCUT2D eigenvalue weighted by atomic mass is 16.3. The molecule has 13 aromatic rings. The molecule has 2 atom stereocenters. The van der Waals surface area contributed by atoms with E-state index in [0.717, 1.165) is 100 Å². The van der Waals surface area contributed by atoms with Gasteiger partial charge in [-0.15, -0.1) is 0 Å². The molecule has 2 bridgehead atoms. The zero-order valence-corrected chi connectivity index (χ0v) is 39.9. The second-order valence-corrected chi connectivity index (χ2v) is 19.2. The van der Waals surface area contributed by atoms with Crippen molar-refractivity contribution in [1.29, 1.82) is 0 Å². The predicted molar refractivity (Wildman–Crippen MR) is 295 cm³/mol. The second-order valence-electron chi connectivity index (χ2n) is 19.2.